The number of hydrogen-bond acceptors (Lipinski definition) is 5. The molecule has 0 aliphatic carbocycles. The van der Waals surface area contributed by atoms with Gasteiger partial charge in [-0.25, -0.2) is 0 Å². The minimum absolute atomic E-state index is 0.0317. The predicted octanol–water partition coefficient (Wildman–Crippen LogP) is 1.73. The van der Waals surface area contributed by atoms with Crippen LogP contribution in [0, 0.1) is 5.92 Å². The Balaban J connectivity index is 3.19. The van der Waals surface area contributed by atoms with E-state index in [4.69, 9.17) is 19.7 Å². The lowest BCUT2D eigenvalue weighted by atomic mass is 10.0. The van der Waals surface area contributed by atoms with Crippen LogP contribution in [0.25, 0.3) is 0 Å². The van der Waals surface area contributed by atoms with Gasteiger partial charge in [0.2, 0.25) is 0 Å². The van der Waals surface area contributed by atoms with Gasteiger partial charge in [0.05, 0.1) is 26.4 Å². The van der Waals surface area contributed by atoms with Gasteiger partial charge >= 0.3 is 0 Å². The highest BCUT2D eigenvalue weighted by Crippen LogP contribution is 2.10. The third-order valence-electron chi connectivity index (χ3n) is 3.21. The van der Waals surface area contributed by atoms with Crippen LogP contribution in [0.4, 0.5) is 0 Å². The number of aliphatic hydroxyl groups excluding tert-OH is 3. The Bertz CT molecular complexity index is 211. The molecule has 0 saturated heterocycles. The van der Waals surface area contributed by atoms with E-state index in [-0.39, 0.29) is 26.4 Å². The first kappa shape index (κ1) is 20.8. The monoisotopic (exact) mass is 306 g/mol. The van der Waals surface area contributed by atoms with Crippen LogP contribution in [-0.2, 0) is 9.47 Å². The van der Waals surface area contributed by atoms with Crippen LogP contribution in [0.3, 0.4) is 0 Å². The van der Waals surface area contributed by atoms with Crippen LogP contribution in [0.1, 0.15) is 52.4 Å². The first-order valence-electron chi connectivity index (χ1n) is 8.18. The molecule has 0 rings (SSSR count). The predicted molar refractivity (Wildman–Crippen MR) is 83.3 cm³/mol. The van der Waals surface area contributed by atoms with E-state index in [1.807, 2.05) is 0 Å². The van der Waals surface area contributed by atoms with E-state index < -0.39 is 12.2 Å². The number of rotatable bonds is 15. The molecule has 0 aromatic carbocycles. The highest BCUT2D eigenvalue weighted by atomic mass is 16.5. The summed E-state index contributed by atoms with van der Waals surface area (Å²) in [7, 11) is 0. The Labute approximate surface area is 129 Å². The van der Waals surface area contributed by atoms with Crippen LogP contribution < -0.4 is 0 Å². The average molecular weight is 306 g/mol. The molecule has 3 N–H and O–H groups in total. The zero-order valence-electron chi connectivity index (χ0n) is 13.7. The fourth-order valence-corrected chi connectivity index (χ4v) is 1.95. The smallest absolute Gasteiger partial charge is 0.101 e. The minimum Gasteiger partial charge on any atom is -0.394 e. The molecule has 0 fully saturated rings. The van der Waals surface area contributed by atoms with Gasteiger partial charge in [0.15, 0.2) is 0 Å². The third-order valence-corrected chi connectivity index (χ3v) is 3.21. The fourth-order valence-electron chi connectivity index (χ4n) is 1.95. The molecule has 21 heavy (non-hydrogen) atoms. The van der Waals surface area contributed by atoms with Crippen LogP contribution in [0.2, 0.25) is 0 Å². The lowest BCUT2D eigenvalue weighted by molar-refractivity contribution is -0.0481. The van der Waals surface area contributed by atoms with Crippen molar-refractivity contribution in [2.45, 2.75) is 64.6 Å². The summed E-state index contributed by atoms with van der Waals surface area (Å²) in [5.74, 6) is 0.801. The summed E-state index contributed by atoms with van der Waals surface area (Å²) in [6.45, 7) is 5.25. The molecular formula is C16H34O5. The summed E-state index contributed by atoms with van der Waals surface area (Å²) in [5, 5.41) is 27.2. The van der Waals surface area contributed by atoms with E-state index >= 15 is 0 Å². The summed E-state index contributed by atoms with van der Waals surface area (Å²) in [6, 6.07) is 0. The van der Waals surface area contributed by atoms with E-state index in [9.17, 15) is 5.11 Å². The maximum absolute atomic E-state index is 9.57. The van der Waals surface area contributed by atoms with E-state index in [1.54, 1.807) is 0 Å². The van der Waals surface area contributed by atoms with Crippen molar-refractivity contribution in [3.63, 3.8) is 0 Å². The molecule has 0 heterocycles. The zero-order chi connectivity index (χ0) is 15.9. The van der Waals surface area contributed by atoms with Crippen molar-refractivity contribution in [2.75, 3.05) is 33.0 Å². The normalized spacial score (nSPS) is 14.6. The Morgan fingerprint density at radius 2 is 1.33 bits per heavy atom. The lowest BCUT2D eigenvalue weighted by Crippen LogP contribution is -2.26. The van der Waals surface area contributed by atoms with Gasteiger partial charge in [0.1, 0.15) is 12.2 Å². The molecule has 0 aromatic heterocycles. The topological polar surface area (TPSA) is 79.2 Å². The Morgan fingerprint density at radius 1 is 0.762 bits per heavy atom. The van der Waals surface area contributed by atoms with Gasteiger partial charge in [-0.1, -0.05) is 46.0 Å². The number of hydrogen-bond donors (Lipinski definition) is 3. The van der Waals surface area contributed by atoms with Gasteiger partial charge in [-0.3, -0.25) is 0 Å². The average Bonchev–Trinajstić information content (AvgIpc) is 2.44. The van der Waals surface area contributed by atoms with Crippen molar-refractivity contribution in [3.05, 3.63) is 0 Å². The molecule has 128 valence electrons. The number of unbranched alkanes of at least 4 members (excludes halogenated alkanes) is 4. The van der Waals surface area contributed by atoms with Crippen LogP contribution >= 0.6 is 0 Å². The molecule has 0 radical (unpaired) electrons. The molecule has 0 amide bonds. The van der Waals surface area contributed by atoms with Gasteiger partial charge < -0.3 is 24.8 Å². The second kappa shape index (κ2) is 14.7. The highest BCUT2D eigenvalue weighted by molar-refractivity contribution is 4.55. The number of aliphatic hydroxyl groups is 3. The number of ether oxygens (including phenoxy) is 2. The molecule has 0 spiro atoms. The second-order valence-electron chi connectivity index (χ2n) is 6.05. The highest BCUT2D eigenvalue weighted by Gasteiger charge is 2.07. The first-order chi connectivity index (χ1) is 10.1. The minimum atomic E-state index is -0.881. The standard InChI is InChI=1S/C16H34O5/c1-14(2)8-6-4-3-5-7-9-20-12-16(19)13-21-11-15(18)10-17/h14-19H,3-13H2,1-2H3. The van der Waals surface area contributed by atoms with Crippen LogP contribution in [0.15, 0.2) is 0 Å². The van der Waals surface area contributed by atoms with Gasteiger partial charge in [-0.15, -0.1) is 0 Å². The molecule has 0 aromatic rings. The molecule has 0 aliphatic heterocycles. The molecule has 0 saturated carbocycles. The molecular weight excluding hydrogens is 272 g/mol. The SMILES string of the molecule is CC(C)CCCCCCCOCC(O)COCC(O)CO. The summed E-state index contributed by atoms with van der Waals surface area (Å²) >= 11 is 0. The lowest BCUT2D eigenvalue weighted by Gasteiger charge is -2.13. The molecule has 0 bridgehead atoms. The van der Waals surface area contributed by atoms with Crippen molar-refractivity contribution in [1.82, 2.24) is 0 Å². The van der Waals surface area contributed by atoms with Gasteiger partial charge in [0, 0.05) is 6.61 Å². The van der Waals surface area contributed by atoms with E-state index in [0.29, 0.717) is 6.61 Å². The Morgan fingerprint density at radius 3 is 2.00 bits per heavy atom. The maximum Gasteiger partial charge on any atom is 0.101 e. The van der Waals surface area contributed by atoms with Gasteiger partial charge in [-0.05, 0) is 12.3 Å². The van der Waals surface area contributed by atoms with E-state index in [1.165, 1.54) is 32.1 Å². The van der Waals surface area contributed by atoms with Crippen molar-refractivity contribution >= 4 is 0 Å². The van der Waals surface area contributed by atoms with Crippen LogP contribution in [0.5, 0.6) is 0 Å². The van der Waals surface area contributed by atoms with Gasteiger partial charge in [0.25, 0.3) is 0 Å². The van der Waals surface area contributed by atoms with Crippen molar-refractivity contribution in [3.8, 4) is 0 Å². The Hall–Kier alpha value is -0.200. The van der Waals surface area contributed by atoms with Crippen LogP contribution in [-0.4, -0.2) is 60.6 Å². The fraction of sp³-hybridized carbons (Fsp3) is 1.00. The quantitative estimate of drug-likeness (QED) is 0.402. The summed E-state index contributed by atoms with van der Waals surface area (Å²) in [6.07, 6.45) is 5.81. The van der Waals surface area contributed by atoms with Crippen molar-refractivity contribution < 1.29 is 24.8 Å². The van der Waals surface area contributed by atoms with E-state index in [2.05, 4.69) is 13.8 Å². The molecule has 2 unspecified atom stereocenters. The maximum atomic E-state index is 9.57. The van der Waals surface area contributed by atoms with Crippen molar-refractivity contribution in [1.29, 1.82) is 0 Å². The molecule has 2 atom stereocenters. The van der Waals surface area contributed by atoms with E-state index in [0.717, 1.165) is 12.3 Å². The summed E-state index contributed by atoms with van der Waals surface area (Å²) in [4.78, 5) is 0. The third kappa shape index (κ3) is 16.0. The molecule has 5 nitrogen and oxygen atoms in total. The molecule has 0 aliphatic rings. The first-order valence-corrected chi connectivity index (χ1v) is 8.18. The summed E-state index contributed by atoms with van der Waals surface area (Å²) in [5.41, 5.74) is 0. The zero-order valence-corrected chi connectivity index (χ0v) is 13.7. The Kier molecular flexibility index (Phi) is 14.6. The second-order valence-corrected chi connectivity index (χ2v) is 6.05. The van der Waals surface area contributed by atoms with Gasteiger partial charge in [-0.2, -0.15) is 0 Å². The molecule has 5 heteroatoms. The summed E-state index contributed by atoms with van der Waals surface area (Å²) < 4.78 is 10.4. The van der Waals surface area contributed by atoms with Crippen molar-refractivity contribution in [2.24, 2.45) is 5.92 Å². The largest absolute Gasteiger partial charge is 0.394 e.